The molecule has 2 saturated heterocycles. The molecule has 160 valence electrons. The molecule has 1 saturated carbocycles. The van der Waals surface area contributed by atoms with Gasteiger partial charge in [-0.3, -0.25) is 0 Å². The standard InChI is InChI=1S/C23H28ClFN4O/c24-23-19(2-1-3-20(23)25)21-4-5-22(28-27-21)26-18-10-16-13-29(14-17(16)11-18)12-15-6-8-30-9-7-15/h1-5,15-18H,6-14H2,(H,26,28)/t16-,17+,18+. The third-order valence-electron chi connectivity index (χ3n) is 6.93. The molecule has 3 atom stereocenters. The van der Waals surface area contributed by atoms with Crippen molar-refractivity contribution in [2.75, 3.05) is 38.2 Å². The summed E-state index contributed by atoms with van der Waals surface area (Å²) in [5.74, 6) is 2.70. The molecular formula is C23H28ClFN4O. The number of benzene rings is 1. The van der Waals surface area contributed by atoms with E-state index in [-0.39, 0.29) is 5.02 Å². The van der Waals surface area contributed by atoms with Crippen LogP contribution < -0.4 is 5.32 Å². The van der Waals surface area contributed by atoms with Crippen LogP contribution in [0, 0.1) is 23.6 Å². The number of halogens is 2. The quantitative estimate of drug-likeness (QED) is 0.757. The summed E-state index contributed by atoms with van der Waals surface area (Å²) in [6.07, 6.45) is 4.80. The van der Waals surface area contributed by atoms with Gasteiger partial charge >= 0.3 is 0 Å². The largest absolute Gasteiger partial charge is 0.381 e. The van der Waals surface area contributed by atoms with Gasteiger partial charge in [-0.25, -0.2) is 4.39 Å². The number of aromatic nitrogens is 2. The minimum atomic E-state index is -0.443. The summed E-state index contributed by atoms with van der Waals surface area (Å²) >= 11 is 6.06. The normalized spacial score (nSPS) is 27.3. The van der Waals surface area contributed by atoms with Crippen LogP contribution in [0.3, 0.4) is 0 Å². The monoisotopic (exact) mass is 430 g/mol. The first-order valence-electron chi connectivity index (χ1n) is 11.0. The second-order valence-corrected chi connectivity index (χ2v) is 9.39. The van der Waals surface area contributed by atoms with E-state index < -0.39 is 5.82 Å². The predicted octanol–water partition coefficient (Wildman–Crippen LogP) is 4.49. The van der Waals surface area contributed by atoms with E-state index >= 15 is 0 Å². The molecule has 1 aromatic carbocycles. The van der Waals surface area contributed by atoms with Crippen molar-refractivity contribution in [3.05, 3.63) is 41.2 Å². The number of nitrogens with one attached hydrogen (secondary N) is 1. The van der Waals surface area contributed by atoms with Crippen LogP contribution in [0.2, 0.25) is 5.02 Å². The molecule has 2 aliphatic heterocycles. The number of rotatable bonds is 5. The minimum absolute atomic E-state index is 0.0847. The zero-order chi connectivity index (χ0) is 20.5. The number of hydrogen-bond acceptors (Lipinski definition) is 5. The van der Waals surface area contributed by atoms with Gasteiger partial charge in [-0.15, -0.1) is 10.2 Å². The van der Waals surface area contributed by atoms with E-state index in [1.807, 2.05) is 12.1 Å². The molecule has 7 heteroatoms. The SMILES string of the molecule is Fc1cccc(-c2ccc(N[C@H]3C[C@@H]4CN(CC5CCOCC5)C[C@@H]4C3)nn2)c1Cl. The molecule has 0 unspecified atom stereocenters. The number of ether oxygens (including phenoxy) is 1. The Morgan fingerprint density at radius 2 is 1.83 bits per heavy atom. The van der Waals surface area contributed by atoms with Crippen molar-refractivity contribution in [3.63, 3.8) is 0 Å². The molecule has 5 nitrogen and oxygen atoms in total. The van der Waals surface area contributed by atoms with E-state index in [2.05, 4.69) is 20.4 Å². The smallest absolute Gasteiger partial charge is 0.148 e. The molecule has 0 amide bonds. The van der Waals surface area contributed by atoms with Crippen molar-refractivity contribution in [1.82, 2.24) is 15.1 Å². The number of hydrogen-bond donors (Lipinski definition) is 1. The van der Waals surface area contributed by atoms with E-state index in [9.17, 15) is 4.39 Å². The maximum Gasteiger partial charge on any atom is 0.148 e. The number of fused-ring (bicyclic) bond motifs is 1. The van der Waals surface area contributed by atoms with Gasteiger partial charge in [0.1, 0.15) is 11.6 Å². The van der Waals surface area contributed by atoms with Crippen molar-refractivity contribution in [1.29, 1.82) is 0 Å². The minimum Gasteiger partial charge on any atom is -0.381 e. The molecule has 3 fully saturated rings. The summed E-state index contributed by atoms with van der Waals surface area (Å²) in [6, 6.07) is 8.94. The second-order valence-electron chi connectivity index (χ2n) is 9.01. The fraction of sp³-hybridized carbons (Fsp3) is 0.565. The lowest BCUT2D eigenvalue weighted by Crippen LogP contribution is -2.32. The van der Waals surface area contributed by atoms with E-state index in [1.165, 1.54) is 51.4 Å². The zero-order valence-corrected chi connectivity index (χ0v) is 17.8. The van der Waals surface area contributed by atoms with Crippen LogP contribution in [0.5, 0.6) is 0 Å². The number of nitrogens with zero attached hydrogens (tertiary/aromatic N) is 3. The molecular weight excluding hydrogens is 403 g/mol. The Labute approximate surface area is 182 Å². The number of likely N-dealkylation sites (tertiary alicyclic amines) is 1. The lowest BCUT2D eigenvalue weighted by Gasteiger charge is -2.27. The van der Waals surface area contributed by atoms with Gasteiger partial charge in [0.05, 0.1) is 10.7 Å². The third kappa shape index (κ3) is 4.32. The fourth-order valence-corrected chi connectivity index (χ4v) is 5.64. The van der Waals surface area contributed by atoms with Crippen LogP contribution in [0.25, 0.3) is 11.3 Å². The first-order chi connectivity index (χ1) is 14.7. The van der Waals surface area contributed by atoms with Crippen molar-refractivity contribution >= 4 is 17.4 Å². The summed E-state index contributed by atoms with van der Waals surface area (Å²) in [5.41, 5.74) is 1.15. The van der Waals surface area contributed by atoms with Crippen LogP contribution in [0.1, 0.15) is 25.7 Å². The van der Waals surface area contributed by atoms with Crippen LogP contribution >= 0.6 is 11.6 Å². The topological polar surface area (TPSA) is 50.3 Å². The molecule has 3 aliphatic rings. The van der Waals surface area contributed by atoms with Crippen molar-refractivity contribution in [3.8, 4) is 11.3 Å². The summed E-state index contributed by atoms with van der Waals surface area (Å²) in [7, 11) is 0. The Balaban J connectivity index is 1.14. The first kappa shape index (κ1) is 20.2. The van der Waals surface area contributed by atoms with Gasteiger partial charge in [0, 0.05) is 44.5 Å². The van der Waals surface area contributed by atoms with Gasteiger partial charge in [-0.2, -0.15) is 0 Å². The molecule has 0 spiro atoms. The zero-order valence-electron chi connectivity index (χ0n) is 17.1. The van der Waals surface area contributed by atoms with Gasteiger partial charge in [-0.1, -0.05) is 23.7 Å². The Hall–Kier alpha value is -1.76. The first-order valence-corrected chi connectivity index (χ1v) is 11.4. The molecule has 0 bridgehead atoms. The van der Waals surface area contributed by atoms with E-state index in [4.69, 9.17) is 16.3 Å². The molecule has 1 N–H and O–H groups in total. The molecule has 1 aliphatic carbocycles. The lowest BCUT2D eigenvalue weighted by atomic mass is 10.00. The maximum atomic E-state index is 13.7. The molecule has 5 rings (SSSR count). The summed E-state index contributed by atoms with van der Waals surface area (Å²) in [5, 5.41) is 12.2. The predicted molar refractivity (Wildman–Crippen MR) is 116 cm³/mol. The second kappa shape index (κ2) is 8.77. The molecule has 1 aromatic heterocycles. The van der Waals surface area contributed by atoms with Crippen molar-refractivity contribution in [2.45, 2.75) is 31.7 Å². The highest BCUT2D eigenvalue weighted by Crippen LogP contribution is 2.39. The Bertz CT molecular complexity index is 860. The highest BCUT2D eigenvalue weighted by molar-refractivity contribution is 6.33. The maximum absolute atomic E-state index is 13.7. The van der Waals surface area contributed by atoms with Crippen LogP contribution in [0.4, 0.5) is 10.2 Å². The molecule has 2 aromatic rings. The van der Waals surface area contributed by atoms with Gasteiger partial charge in [0.15, 0.2) is 0 Å². The van der Waals surface area contributed by atoms with Gasteiger partial charge in [0.25, 0.3) is 0 Å². The molecule has 0 radical (unpaired) electrons. The third-order valence-corrected chi connectivity index (χ3v) is 7.31. The van der Waals surface area contributed by atoms with Crippen LogP contribution in [-0.4, -0.2) is 54.0 Å². The molecule has 3 heterocycles. The highest BCUT2D eigenvalue weighted by Gasteiger charge is 2.41. The van der Waals surface area contributed by atoms with Crippen LogP contribution in [0.15, 0.2) is 30.3 Å². The van der Waals surface area contributed by atoms with E-state index in [1.54, 1.807) is 12.1 Å². The van der Waals surface area contributed by atoms with Crippen molar-refractivity contribution in [2.24, 2.45) is 17.8 Å². The Morgan fingerprint density at radius 3 is 2.53 bits per heavy atom. The Kier molecular flexibility index (Phi) is 5.89. The highest BCUT2D eigenvalue weighted by atomic mass is 35.5. The summed E-state index contributed by atoms with van der Waals surface area (Å²) < 4.78 is 19.2. The van der Waals surface area contributed by atoms with Gasteiger partial charge < -0.3 is 15.0 Å². The summed E-state index contributed by atoms with van der Waals surface area (Å²) in [4.78, 5) is 2.68. The number of anilines is 1. The van der Waals surface area contributed by atoms with Gasteiger partial charge in [-0.05, 0) is 61.6 Å². The Morgan fingerprint density at radius 1 is 1.07 bits per heavy atom. The van der Waals surface area contributed by atoms with E-state index in [0.717, 1.165) is 36.8 Å². The average Bonchev–Trinajstić information content (AvgIpc) is 3.29. The fourth-order valence-electron chi connectivity index (χ4n) is 5.42. The molecule has 30 heavy (non-hydrogen) atoms. The van der Waals surface area contributed by atoms with Crippen LogP contribution in [-0.2, 0) is 4.74 Å². The summed E-state index contributed by atoms with van der Waals surface area (Å²) in [6.45, 7) is 5.56. The van der Waals surface area contributed by atoms with E-state index in [0.29, 0.717) is 17.3 Å². The average molecular weight is 431 g/mol. The lowest BCUT2D eigenvalue weighted by molar-refractivity contribution is 0.0545. The van der Waals surface area contributed by atoms with Gasteiger partial charge in [0.2, 0.25) is 0 Å². The van der Waals surface area contributed by atoms with Crippen molar-refractivity contribution < 1.29 is 9.13 Å².